The van der Waals surface area contributed by atoms with Crippen molar-refractivity contribution in [3.63, 3.8) is 0 Å². The summed E-state index contributed by atoms with van der Waals surface area (Å²) in [5.74, 6) is -0.754. The Labute approximate surface area is 152 Å². The lowest BCUT2D eigenvalue weighted by Gasteiger charge is -2.22. The highest BCUT2D eigenvalue weighted by Gasteiger charge is 2.38. The third kappa shape index (κ3) is 4.79. The van der Waals surface area contributed by atoms with Crippen LogP contribution in [-0.2, 0) is 26.2 Å². The van der Waals surface area contributed by atoms with Crippen molar-refractivity contribution in [1.82, 2.24) is 9.78 Å². The van der Waals surface area contributed by atoms with Crippen LogP contribution in [0, 0.1) is 10.1 Å². The van der Waals surface area contributed by atoms with E-state index in [1.165, 1.54) is 4.68 Å². The first-order valence-electron chi connectivity index (χ1n) is 8.91. The molecule has 9 nitrogen and oxygen atoms in total. The molecule has 1 aromatic heterocycles. The summed E-state index contributed by atoms with van der Waals surface area (Å²) in [6, 6.07) is 0. The molecule has 2 rings (SSSR count). The number of rotatable bonds is 7. The van der Waals surface area contributed by atoms with E-state index < -0.39 is 16.3 Å². The molecule has 1 saturated heterocycles. The maximum atomic E-state index is 12.3. The second kappa shape index (κ2) is 8.59. The standard InChI is InChI=1S/C17H27N3O6/c1-5-24-16(21)14-13(20(22)23)15(17(2,3)4)18-19(14)9-11-26-12-8-6-7-10-25-12/h12H,5-11H2,1-4H3. The molecule has 1 aromatic rings. The van der Waals surface area contributed by atoms with Crippen molar-refractivity contribution in [2.24, 2.45) is 0 Å². The average Bonchev–Trinajstić information content (AvgIpc) is 2.96. The van der Waals surface area contributed by atoms with Gasteiger partial charge in [0, 0.05) is 12.0 Å². The van der Waals surface area contributed by atoms with Gasteiger partial charge in [0.15, 0.2) is 6.29 Å². The second-order valence-electron chi connectivity index (χ2n) is 7.16. The minimum absolute atomic E-state index is 0.123. The predicted molar refractivity (Wildman–Crippen MR) is 93.1 cm³/mol. The van der Waals surface area contributed by atoms with Gasteiger partial charge in [0.2, 0.25) is 5.69 Å². The Morgan fingerprint density at radius 3 is 2.69 bits per heavy atom. The Hall–Kier alpha value is -2.00. The molecule has 0 amide bonds. The van der Waals surface area contributed by atoms with Gasteiger partial charge in [0.05, 0.1) is 24.7 Å². The van der Waals surface area contributed by atoms with Gasteiger partial charge in [-0.1, -0.05) is 20.8 Å². The number of nitro groups is 1. The van der Waals surface area contributed by atoms with Crippen molar-refractivity contribution in [1.29, 1.82) is 0 Å². The lowest BCUT2D eigenvalue weighted by molar-refractivity contribution is -0.386. The van der Waals surface area contributed by atoms with Crippen molar-refractivity contribution in [3.8, 4) is 0 Å². The van der Waals surface area contributed by atoms with Crippen LogP contribution in [0.1, 0.15) is 63.1 Å². The summed E-state index contributed by atoms with van der Waals surface area (Å²) >= 11 is 0. The van der Waals surface area contributed by atoms with E-state index in [0.29, 0.717) is 6.61 Å². The normalized spacial score (nSPS) is 17.9. The third-order valence-electron chi connectivity index (χ3n) is 4.03. The van der Waals surface area contributed by atoms with Gasteiger partial charge in [0.1, 0.15) is 5.69 Å². The van der Waals surface area contributed by atoms with Crippen molar-refractivity contribution < 1.29 is 23.9 Å². The molecular weight excluding hydrogens is 342 g/mol. The Bertz CT molecular complexity index is 644. The maximum absolute atomic E-state index is 12.3. The number of carbonyl (C=O) groups is 1. The molecule has 0 N–H and O–H groups in total. The van der Waals surface area contributed by atoms with Crippen LogP contribution >= 0.6 is 0 Å². The molecule has 146 valence electrons. The van der Waals surface area contributed by atoms with Crippen LogP contribution in [0.4, 0.5) is 5.69 Å². The zero-order valence-electron chi connectivity index (χ0n) is 15.8. The molecule has 0 saturated carbocycles. The van der Waals surface area contributed by atoms with Crippen LogP contribution in [0.2, 0.25) is 0 Å². The van der Waals surface area contributed by atoms with E-state index in [9.17, 15) is 14.9 Å². The van der Waals surface area contributed by atoms with Crippen molar-refractivity contribution >= 4 is 11.7 Å². The van der Waals surface area contributed by atoms with E-state index in [1.54, 1.807) is 6.92 Å². The molecule has 0 aromatic carbocycles. The summed E-state index contributed by atoms with van der Waals surface area (Å²) in [4.78, 5) is 23.4. The number of carbonyl (C=O) groups excluding carboxylic acids is 1. The summed E-state index contributed by atoms with van der Waals surface area (Å²) in [6.45, 7) is 8.32. The molecule has 1 fully saturated rings. The van der Waals surface area contributed by atoms with Crippen molar-refractivity contribution in [3.05, 3.63) is 21.5 Å². The van der Waals surface area contributed by atoms with Crippen LogP contribution in [0.5, 0.6) is 0 Å². The molecule has 2 heterocycles. The fourth-order valence-corrected chi connectivity index (χ4v) is 2.81. The first-order valence-corrected chi connectivity index (χ1v) is 8.91. The van der Waals surface area contributed by atoms with Gasteiger partial charge >= 0.3 is 11.7 Å². The molecular formula is C17H27N3O6. The smallest absolute Gasteiger partial charge is 0.363 e. The van der Waals surface area contributed by atoms with Crippen molar-refractivity contribution in [2.45, 2.75) is 65.2 Å². The van der Waals surface area contributed by atoms with Gasteiger partial charge in [-0.25, -0.2) is 9.48 Å². The van der Waals surface area contributed by atoms with E-state index in [-0.39, 0.29) is 43.1 Å². The first kappa shape index (κ1) is 20.3. The Morgan fingerprint density at radius 2 is 2.15 bits per heavy atom. The van der Waals surface area contributed by atoms with Crippen LogP contribution in [-0.4, -0.2) is 46.8 Å². The van der Waals surface area contributed by atoms with Gasteiger partial charge in [-0.15, -0.1) is 0 Å². The highest BCUT2D eigenvalue weighted by molar-refractivity contribution is 5.92. The molecule has 26 heavy (non-hydrogen) atoms. The molecule has 1 aliphatic heterocycles. The SMILES string of the molecule is CCOC(=O)c1c([N+](=O)[O-])c(C(C)(C)C)nn1CCOC1CCCCO1. The summed E-state index contributed by atoms with van der Waals surface area (Å²) in [6.07, 6.45) is 2.60. The Kier molecular flexibility index (Phi) is 6.71. The molecule has 0 aliphatic carbocycles. The molecule has 0 radical (unpaired) electrons. The van der Waals surface area contributed by atoms with E-state index in [2.05, 4.69) is 5.10 Å². The Balaban J connectivity index is 2.27. The van der Waals surface area contributed by atoms with E-state index in [4.69, 9.17) is 14.2 Å². The number of hydrogen-bond acceptors (Lipinski definition) is 7. The fourth-order valence-electron chi connectivity index (χ4n) is 2.81. The Morgan fingerprint density at radius 1 is 1.42 bits per heavy atom. The summed E-state index contributed by atoms with van der Waals surface area (Å²) in [7, 11) is 0. The topological polar surface area (TPSA) is 106 Å². The predicted octanol–water partition coefficient (Wildman–Crippen LogP) is 2.81. The summed E-state index contributed by atoms with van der Waals surface area (Å²) in [5.41, 5.74) is -0.790. The number of aromatic nitrogens is 2. The molecule has 0 bridgehead atoms. The zero-order valence-corrected chi connectivity index (χ0v) is 15.8. The van der Waals surface area contributed by atoms with Gasteiger partial charge in [0.25, 0.3) is 0 Å². The van der Waals surface area contributed by atoms with Gasteiger partial charge in [-0.3, -0.25) is 10.1 Å². The molecule has 1 unspecified atom stereocenters. The third-order valence-corrected chi connectivity index (χ3v) is 4.03. The monoisotopic (exact) mass is 369 g/mol. The van der Waals surface area contributed by atoms with Crippen LogP contribution < -0.4 is 0 Å². The molecule has 1 aliphatic rings. The number of nitrogens with zero attached hydrogens (tertiary/aromatic N) is 3. The lowest BCUT2D eigenvalue weighted by atomic mass is 9.91. The highest BCUT2D eigenvalue weighted by atomic mass is 16.7. The number of esters is 1. The number of hydrogen-bond donors (Lipinski definition) is 0. The quantitative estimate of drug-likeness (QED) is 0.413. The fraction of sp³-hybridized carbons (Fsp3) is 0.765. The highest BCUT2D eigenvalue weighted by Crippen LogP contribution is 2.33. The minimum Gasteiger partial charge on any atom is -0.461 e. The van der Waals surface area contributed by atoms with Crippen molar-refractivity contribution in [2.75, 3.05) is 19.8 Å². The van der Waals surface area contributed by atoms with Gasteiger partial charge in [-0.2, -0.15) is 5.10 Å². The zero-order chi connectivity index (χ0) is 19.3. The van der Waals surface area contributed by atoms with Crippen LogP contribution in [0.25, 0.3) is 0 Å². The van der Waals surface area contributed by atoms with Crippen LogP contribution in [0.15, 0.2) is 0 Å². The summed E-state index contributed by atoms with van der Waals surface area (Å²) < 4.78 is 17.5. The summed E-state index contributed by atoms with van der Waals surface area (Å²) in [5, 5.41) is 16.0. The van der Waals surface area contributed by atoms with E-state index in [1.807, 2.05) is 20.8 Å². The first-order chi connectivity index (χ1) is 12.3. The largest absolute Gasteiger partial charge is 0.461 e. The van der Waals surface area contributed by atoms with Crippen LogP contribution in [0.3, 0.4) is 0 Å². The van der Waals surface area contributed by atoms with Gasteiger partial charge < -0.3 is 14.2 Å². The molecule has 0 spiro atoms. The van der Waals surface area contributed by atoms with E-state index >= 15 is 0 Å². The molecule has 1 atom stereocenters. The molecule has 9 heteroatoms. The minimum atomic E-state index is -0.754. The van der Waals surface area contributed by atoms with Gasteiger partial charge in [-0.05, 0) is 26.2 Å². The van der Waals surface area contributed by atoms with E-state index in [0.717, 1.165) is 19.3 Å². The maximum Gasteiger partial charge on any atom is 0.363 e. The number of ether oxygens (including phenoxy) is 3. The lowest BCUT2D eigenvalue weighted by Crippen LogP contribution is -2.25. The second-order valence-corrected chi connectivity index (χ2v) is 7.16. The average molecular weight is 369 g/mol.